The lowest BCUT2D eigenvalue weighted by atomic mass is 10.1. The number of pyridine rings is 1. The Morgan fingerprint density at radius 2 is 2.11 bits per heavy atom. The molecule has 0 spiro atoms. The lowest BCUT2D eigenvalue weighted by molar-refractivity contribution is 0.756. The van der Waals surface area contributed by atoms with E-state index in [0.717, 1.165) is 10.0 Å². The lowest BCUT2D eigenvalue weighted by Crippen LogP contribution is -2.18. The van der Waals surface area contributed by atoms with Gasteiger partial charge in [-0.1, -0.05) is 17.7 Å². The van der Waals surface area contributed by atoms with Crippen LogP contribution in [0.2, 0.25) is 5.02 Å². The van der Waals surface area contributed by atoms with E-state index >= 15 is 0 Å². The second-order valence-corrected chi connectivity index (χ2v) is 5.05. The minimum absolute atomic E-state index is 0.0985. The van der Waals surface area contributed by atoms with E-state index in [0.29, 0.717) is 17.1 Å². The molecule has 0 N–H and O–H groups in total. The Morgan fingerprint density at radius 1 is 1.33 bits per heavy atom. The largest absolute Gasteiger partial charge is 0.310 e. The summed E-state index contributed by atoms with van der Waals surface area (Å²) in [6.45, 7) is 0.378. The molecule has 90 valence electrons. The molecule has 0 saturated heterocycles. The second kappa shape index (κ2) is 5.38. The van der Waals surface area contributed by atoms with Gasteiger partial charge >= 0.3 is 0 Å². The zero-order valence-electron chi connectivity index (χ0n) is 9.23. The molecule has 0 amide bonds. The molecule has 0 aliphatic heterocycles. The Hall–Kier alpha value is -1.57. The van der Waals surface area contributed by atoms with Gasteiger partial charge in [0.25, 0.3) is 5.56 Å². The van der Waals surface area contributed by atoms with Crippen molar-refractivity contribution in [2.75, 3.05) is 0 Å². The van der Waals surface area contributed by atoms with Gasteiger partial charge in [-0.3, -0.25) is 4.79 Å². The Morgan fingerprint density at radius 3 is 2.78 bits per heavy atom. The molecule has 5 heteroatoms. The summed E-state index contributed by atoms with van der Waals surface area (Å²) >= 11 is 9.39. The van der Waals surface area contributed by atoms with Gasteiger partial charge in [0.2, 0.25) is 0 Å². The summed E-state index contributed by atoms with van der Waals surface area (Å²) in [7, 11) is 0. The topological polar surface area (TPSA) is 45.8 Å². The molecule has 2 rings (SSSR count). The first-order valence-corrected chi connectivity index (χ1v) is 6.32. The molecule has 3 nitrogen and oxygen atoms in total. The average molecular weight is 324 g/mol. The van der Waals surface area contributed by atoms with Crippen LogP contribution in [0.5, 0.6) is 0 Å². The average Bonchev–Trinajstić information content (AvgIpc) is 2.36. The van der Waals surface area contributed by atoms with E-state index in [-0.39, 0.29) is 5.56 Å². The third kappa shape index (κ3) is 2.81. The maximum atomic E-state index is 11.7. The first-order valence-electron chi connectivity index (χ1n) is 5.14. The molecule has 0 unspecified atom stereocenters. The van der Waals surface area contributed by atoms with Crippen LogP contribution in [0, 0.1) is 11.3 Å². The summed E-state index contributed by atoms with van der Waals surface area (Å²) in [4.78, 5) is 11.7. The van der Waals surface area contributed by atoms with Crippen molar-refractivity contribution in [2.45, 2.75) is 6.54 Å². The van der Waals surface area contributed by atoms with Crippen molar-refractivity contribution in [2.24, 2.45) is 0 Å². The van der Waals surface area contributed by atoms with Gasteiger partial charge in [0.05, 0.1) is 18.2 Å². The molecular weight excluding hydrogens is 316 g/mol. The fourth-order valence-corrected chi connectivity index (χ4v) is 2.17. The van der Waals surface area contributed by atoms with Crippen LogP contribution in [0.3, 0.4) is 0 Å². The quantitative estimate of drug-likeness (QED) is 0.852. The first-order chi connectivity index (χ1) is 8.60. The molecule has 1 aromatic heterocycles. The van der Waals surface area contributed by atoms with Crippen molar-refractivity contribution in [3.05, 3.63) is 67.5 Å². The number of hydrogen-bond acceptors (Lipinski definition) is 2. The monoisotopic (exact) mass is 322 g/mol. The van der Waals surface area contributed by atoms with E-state index in [1.165, 1.54) is 6.07 Å². The van der Waals surface area contributed by atoms with E-state index in [4.69, 9.17) is 16.9 Å². The highest BCUT2D eigenvalue weighted by molar-refractivity contribution is 9.10. The van der Waals surface area contributed by atoms with Crippen LogP contribution < -0.4 is 5.56 Å². The molecule has 0 bridgehead atoms. The number of halogens is 2. The number of hydrogen-bond donors (Lipinski definition) is 0. The summed E-state index contributed by atoms with van der Waals surface area (Å²) in [5.41, 5.74) is 1.21. The number of benzene rings is 1. The van der Waals surface area contributed by atoms with Gasteiger partial charge in [0.1, 0.15) is 0 Å². The van der Waals surface area contributed by atoms with Gasteiger partial charge in [0, 0.05) is 21.8 Å². The molecule has 0 aliphatic rings. The summed E-state index contributed by atoms with van der Waals surface area (Å²) in [5, 5.41) is 9.24. The Labute approximate surface area is 117 Å². The molecule has 0 atom stereocenters. The number of rotatable bonds is 2. The van der Waals surface area contributed by atoms with Crippen LogP contribution in [0.1, 0.15) is 11.1 Å². The van der Waals surface area contributed by atoms with Crippen molar-refractivity contribution in [1.29, 1.82) is 5.26 Å². The van der Waals surface area contributed by atoms with Crippen molar-refractivity contribution in [1.82, 2.24) is 4.57 Å². The number of aromatic nitrogens is 1. The standard InChI is InChI=1S/C13H8BrClN2O/c14-11-3-4-13(18)17(8-11)7-10-2-1-9(6-16)5-12(10)15/h1-5,8H,7H2. The fraction of sp³-hybridized carbons (Fsp3) is 0.0769. The van der Waals surface area contributed by atoms with Crippen LogP contribution in [-0.2, 0) is 6.54 Å². The minimum atomic E-state index is -0.0985. The smallest absolute Gasteiger partial charge is 0.250 e. The molecular formula is C13H8BrClN2O. The van der Waals surface area contributed by atoms with Gasteiger partial charge in [0.15, 0.2) is 0 Å². The summed E-state index contributed by atoms with van der Waals surface area (Å²) in [6.07, 6.45) is 1.71. The Bertz CT molecular complexity index is 688. The van der Waals surface area contributed by atoms with Gasteiger partial charge in [-0.2, -0.15) is 5.26 Å². The molecule has 1 aromatic carbocycles. The second-order valence-electron chi connectivity index (χ2n) is 3.73. The van der Waals surface area contributed by atoms with E-state index in [2.05, 4.69) is 15.9 Å². The molecule has 1 heterocycles. The minimum Gasteiger partial charge on any atom is -0.310 e. The van der Waals surface area contributed by atoms with Gasteiger partial charge < -0.3 is 4.57 Å². The van der Waals surface area contributed by atoms with Gasteiger partial charge in [-0.25, -0.2) is 0 Å². The predicted octanol–water partition coefficient (Wildman–Crippen LogP) is 3.18. The van der Waals surface area contributed by atoms with E-state index in [1.807, 2.05) is 6.07 Å². The zero-order chi connectivity index (χ0) is 13.1. The lowest BCUT2D eigenvalue weighted by Gasteiger charge is -2.08. The summed E-state index contributed by atoms with van der Waals surface area (Å²) in [6, 6.07) is 10.2. The maximum Gasteiger partial charge on any atom is 0.250 e. The van der Waals surface area contributed by atoms with Crippen LogP contribution >= 0.6 is 27.5 Å². The Kier molecular flexibility index (Phi) is 3.85. The highest BCUT2D eigenvalue weighted by Crippen LogP contribution is 2.18. The zero-order valence-corrected chi connectivity index (χ0v) is 11.6. The molecule has 2 aromatic rings. The van der Waals surface area contributed by atoms with Gasteiger partial charge in [-0.05, 0) is 39.7 Å². The fourth-order valence-electron chi connectivity index (χ4n) is 1.55. The maximum absolute atomic E-state index is 11.7. The van der Waals surface area contributed by atoms with Crippen molar-refractivity contribution >= 4 is 27.5 Å². The molecule has 18 heavy (non-hydrogen) atoms. The van der Waals surface area contributed by atoms with Crippen LogP contribution in [0.15, 0.2) is 45.8 Å². The van der Waals surface area contributed by atoms with Crippen LogP contribution in [0.4, 0.5) is 0 Å². The number of nitrogens with zero attached hydrogens (tertiary/aromatic N) is 2. The summed E-state index contributed by atoms with van der Waals surface area (Å²) in [5.74, 6) is 0. The van der Waals surface area contributed by atoms with E-state index in [1.54, 1.807) is 35.0 Å². The number of nitriles is 1. The van der Waals surface area contributed by atoms with Gasteiger partial charge in [-0.15, -0.1) is 0 Å². The highest BCUT2D eigenvalue weighted by atomic mass is 79.9. The van der Waals surface area contributed by atoms with Crippen LogP contribution in [0.25, 0.3) is 0 Å². The predicted molar refractivity (Wildman–Crippen MR) is 73.7 cm³/mol. The van der Waals surface area contributed by atoms with E-state index in [9.17, 15) is 4.79 Å². The molecule has 0 radical (unpaired) electrons. The normalized spacial score (nSPS) is 10.1. The Balaban J connectivity index is 2.38. The highest BCUT2D eigenvalue weighted by Gasteiger charge is 2.04. The first kappa shape index (κ1) is 12.9. The molecule has 0 fully saturated rings. The van der Waals surface area contributed by atoms with Crippen molar-refractivity contribution < 1.29 is 0 Å². The van der Waals surface area contributed by atoms with Crippen LogP contribution in [-0.4, -0.2) is 4.57 Å². The molecule has 0 saturated carbocycles. The SMILES string of the molecule is N#Cc1ccc(Cn2cc(Br)ccc2=O)c(Cl)c1. The van der Waals surface area contributed by atoms with Crippen molar-refractivity contribution in [3.8, 4) is 6.07 Å². The third-order valence-electron chi connectivity index (χ3n) is 2.47. The van der Waals surface area contributed by atoms with E-state index < -0.39 is 0 Å². The summed E-state index contributed by atoms with van der Waals surface area (Å²) < 4.78 is 2.38. The van der Waals surface area contributed by atoms with Crippen molar-refractivity contribution in [3.63, 3.8) is 0 Å². The molecule has 0 aliphatic carbocycles. The third-order valence-corrected chi connectivity index (χ3v) is 3.29.